The number of allylic oxidation sites excluding steroid dienone is 8. The number of phosphoric ester groups is 1. The summed E-state index contributed by atoms with van der Waals surface area (Å²) in [4.78, 5) is 35.1. The molecule has 0 amide bonds. The van der Waals surface area contributed by atoms with E-state index >= 15 is 0 Å². The van der Waals surface area contributed by atoms with E-state index in [1.165, 1.54) is 205 Å². The molecule has 0 fully saturated rings. The molecule has 10 heteroatoms. The Balaban J connectivity index is 3.81. The van der Waals surface area contributed by atoms with Crippen LogP contribution < -0.4 is 5.73 Å². The fraction of sp³-hybridized carbons (Fsp3) is 0.836. The van der Waals surface area contributed by atoms with Gasteiger partial charge in [0.25, 0.3) is 0 Å². The Bertz CT molecular complexity index is 1300. The first-order valence-electron chi connectivity index (χ1n) is 30.1. The third-order valence-electron chi connectivity index (χ3n) is 13.2. The average molecular weight is 1020 g/mol. The predicted octanol–water partition coefficient (Wildman–Crippen LogP) is 19.0. The highest BCUT2D eigenvalue weighted by atomic mass is 31.2. The summed E-state index contributed by atoms with van der Waals surface area (Å²) in [5.41, 5.74) is 5.38. The maximum absolute atomic E-state index is 12.7. The van der Waals surface area contributed by atoms with Gasteiger partial charge >= 0.3 is 19.8 Å². The largest absolute Gasteiger partial charge is 0.472 e. The van der Waals surface area contributed by atoms with Crippen molar-refractivity contribution in [2.75, 3.05) is 26.4 Å². The number of esters is 2. The van der Waals surface area contributed by atoms with E-state index in [0.717, 1.165) is 57.8 Å². The summed E-state index contributed by atoms with van der Waals surface area (Å²) in [7, 11) is -4.38. The van der Waals surface area contributed by atoms with Crippen LogP contribution in [0.1, 0.15) is 296 Å². The van der Waals surface area contributed by atoms with Gasteiger partial charge in [-0.2, -0.15) is 0 Å². The molecule has 0 bridgehead atoms. The first-order chi connectivity index (χ1) is 34.8. The summed E-state index contributed by atoms with van der Waals surface area (Å²) in [6.45, 7) is 3.68. The van der Waals surface area contributed by atoms with E-state index in [-0.39, 0.29) is 38.6 Å². The average Bonchev–Trinajstić information content (AvgIpc) is 3.36. The van der Waals surface area contributed by atoms with Crippen LogP contribution in [-0.2, 0) is 32.7 Å². The van der Waals surface area contributed by atoms with Crippen molar-refractivity contribution in [1.82, 2.24) is 0 Å². The van der Waals surface area contributed by atoms with Crippen LogP contribution >= 0.6 is 7.82 Å². The van der Waals surface area contributed by atoms with Crippen molar-refractivity contribution < 1.29 is 37.6 Å². The zero-order valence-electron chi connectivity index (χ0n) is 46.5. The van der Waals surface area contributed by atoms with Crippen LogP contribution in [-0.4, -0.2) is 49.3 Å². The van der Waals surface area contributed by atoms with E-state index in [2.05, 4.69) is 62.5 Å². The zero-order valence-corrected chi connectivity index (χ0v) is 47.4. The van der Waals surface area contributed by atoms with Crippen LogP contribution in [0.25, 0.3) is 0 Å². The second-order valence-electron chi connectivity index (χ2n) is 20.2. The first kappa shape index (κ1) is 69.0. The third-order valence-corrected chi connectivity index (χ3v) is 14.2. The Hall–Kier alpha value is -2.03. The Labute approximate surface area is 438 Å². The molecule has 0 saturated carbocycles. The van der Waals surface area contributed by atoms with Gasteiger partial charge in [0.1, 0.15) is 6.61 Å². The topological polar surface area (TPSA) is 134 Å². The molecule has 0 spiro atoms. The highest BCUT2D eigenvalue weighted by Crippen LogP contribution is 2.43. The van der Waals surface area contributed by atoms with E-state index in [4.69, 9.17) is 24.3 Å². The lowest BCUT2D eigenvalue weighted by Gasteiger charge is -2.19. The minimum absolute atomic E-state index is 0.0558. The minimum atomic E-state index is -4.38. The van der Waals surface area contributed by atoms with Crippen molar-refractivity contribution in [1.29, 1.82) is 0 Å². The fourth-order valence-corrected chi connectivity index (χ4v) is 9.57. The normalized spacial score (nSPS) is 13.4. The van der Waals surface area contributed by atoms with Gasteiger partial charge in [-0.05, 0) is 51.4 Å². The van der Waals surface area contributed by atoms with Crippen molar-refractivity contribution >= 4 is 19.8 Å². The number of carbonyl (C=O) groups is 2. The molecule has 2 atom stereocenters. The van der Waals surface area contributed by atoms with Crippen LogP contribution in [0.5, 0.6) is 0 Å². The van der Waals surface area contributed by atoms with Crippen molar-refractivity contribution in [3.05, 3.63) is 48.6 Å². The van der Waals surface area contributed by atoms with Crippen LogP contribution in [0.3, 0.4) is 0 Å². The predicted molar refractivity (Wildman–Crippen MR) is 303 cm³/mol. The second-order valence-corrected chi connectivity index (χ2v) is 21.7. The highest BCUT2D eigenvalue weighted by Gasteiger charge is 2.26. The Morgan fingerprint density at radius 1 is 0.437 bits per heavy atom. The number of unbranched alkanes of at least 4 members (excludes halogenated alkanes) is 36. The first-order valence-corrected chi connectivity index (χ1v) is 31.6. The van der Waals surface area contributed by atoms with Gasteiger partial charge in [0, 0.05) is 19.4 Å². The van der Waals surface area contributed by atoms with Gasteiger partial charge in [-0.15, -0.1) is 0 Å². The molecule has 9 nitrogen and oxygen atoms in total. The van der Waals surface area contributed by atoms with Gasteiger partial charge in [0.2, 0.25) is 0 Å². The van der Waals surface area contributed by atoms with Crippen molar-refractivity contribution in [2.45, 2.75) is 302 Å². The van der Waals surface area contributed by atoms with Gasteiger partial charge in [0.05, 0.1) is 13.2 Å². The minimum Gasteiger partial charge on any atom is -0.462 e. The standard InChI is InChI=1S/C61H114NO8P/c1-3-5-7-9-11-13-15-17-19-20-21-22-23-24-25-26-27-28-29-30-31-32-33-34-35-36-37-38-40-42-44-46-48-50-52-54-61(64)70-59(58-69-71(65,66)68-56-55-62)57-67-60(63)53-51-49-47-45-43-41-39-18-16-14-12-10-8-6-4-2/h5,7,11,13,17,19,21-22,59H,3-4,6,8-10,12,14-16,18,20,23-58,62H2,1-2H3,(H,65,66)/b7-5-,13-11-,19-17-,22-21-. The molecular formula is C61H114NO8P. The third kappa shape index (κ3) is 57.1. The quantitative estimate of drug-likeness (QED) is 0.0264. The molecule has 0 aromatic carbocycles. The molecule has 3 N–H and O–H groups in total. The molecular weight excluding hydrogens is 906 g/mol. The number of phosphoric acid groups is 1. The maximum atomic E-state index is 12.7. The molecule has 0 rings (SSSR count). The van der Waals surface area contributed by atoms with E-state index in [1.807, 2.05) is 0 Å². The van der Waals surface area contributed by atoms with E-state index in [0.29, 0.717) is 6.42 Å². The maximum Gasteiger partial charge on any atom is 0.472 e. The van der Waals surface area contributed by atoms with Gasteiger partial charge in [-0.3, -0.25) is 18.6 Å². The molecule has 416 valence electrons. The molecule has 0 radical (unpaired) electrons. The summed E-state index contributed by atoms with van der Waals surface area (Å²) < 4.78 is 33.0. The van der Waals surface area contributed by atoms with Crippen LogP contribution in [0.15, 0.2) is 48.6 Å². The summed E-state index contributed by atoms with van der Waals surface area (Å²) in [5, 5.41) is 0. The Morgan fingerprint density at radius 3 is 1.15 bits per heavy atom. The SMILES string of the molecule is CC/C=C\C/C=C\C/C=C\C/C=C\CCCCCCCCCCCCCCCCCCCCCCCCC(=O)OC(COC(=O)CCCCCCCCCCCCCCCCC)COP(=O)(O)OCCN. The summed E-state index contributed by atoms with van der Waals surface area (Å²) in [5.74, 6) is -0.811. The van der Waals surface area contributed by atoms with E-state index in [9.17, 15) is 19.0 Å². The number of nitrogens with two attached hydrogens (primary N) is 1. The lowest BCUT2D eigenvalue weighted by Crippen LogP contribution is -2.29. The van der Waals surface area contributed by atoms with Crippen LogP contribution in [0.4, 0.5) is 0 Å². The molecule has 0 heterocycles. The van der Waals surface area contributed by atoms with Gasteiger partial charge in [-0.25, -0.2) is 4.57 Å². The van der Waals surface area contributed by atoms with Crippen LogP contribution in [0, 0.1) is 0 Å². The number of hydrogen-bond donors (Lipinski definition) is 2. The number of rotatable bonds is 57. The van der Waals surface area contributed by atoms with E-state index in [1.54, 1.807) is 0 Å². The second kappa shape index (κ2) is 57.3. The highest BCUT2D eigenvalue weighted by molar-refractivity contribution is 7.47. The summed E-state index contributed by atoms with van der Waals surface area (Å²) in [6.07, 6.45) is 70.4. The zero-order chi connectivity index (χ0) is 51.7. The molecule has 0 aliphatic carbocycles. The molecule has 0 saturated heterocycles. The van der Waals surface area contributed by atoms with Crippen molar-refractivity contribution in [3.8, 4) is 0 Å². The number of hydrogen-bond acceptors (Lipinski definition) is 8. The molecule has 0 aromatic rings. The molecule has 71 heavy (non-hydrogen) atoms. The smallest absolute Gasteiger partial charge is 0.462 e. The van der Waals surface area contributed by atoms with Gasteiger partial charge < -0.3 is 20.1 Å². The van der Waals surface area contributed by atoms with E-state index < -0.39 is 26.5 Å². The van der Waals surface area contributed by atoms with Gasteiger partial charge in [0.15, 0.2) is 6.10 Å². The summed E-state index contributed by atoms with van der Waals surface area (Å²) in [6, 6.07) is 0. The van der Waals surface area contributed by atoms with Crippen molar-refractivity contribution in [3.63, 3.8) is 0 Å². The molecule has 0 aromatic heterocycles. The Kier molecular flexibility index (Phi) is 55.6. The molecule has 0 aliphatic rings. The fourth-order valence-electron chi connectivity index (χ4n) is 8.81. The van der Waals surface area contributed by atoms with Crippen LogP contribution in [0.2, 0.25) is 0 Å². The summed E-state index contributed by atoms with van der Waals surface area (Å²) >= 11 is 0. The lowest BCUT2D eigenvalue weighted by atomic mass is 10.0. The monoisotopic (exact) mass is 1020 g/mol. The molecule has 2 unspecified atom stereocenters. The molecule has 0 aliphatic heterocycles. The number of carbonyl (C=O) groups excluding carboxylic acids is 2. The van der Waals surface area contributed by atoms with Crippen molar-refractivity contribution in [2.24, 2.45) is 5.73 Å². The lowest BCUT2D eigenvalue weighted by molar-refractivity contribution is -0.161. The Morgan fingerprint density at radius 2 is 0.775 bits per heavy atom. The number of ether oxygens (including phenoxy) is 2. The van der Waals surface area contributed by atoms with Gasteiger partial charge in [-0.1, -0.05) is 281 Å².